The number of rotatable bonds is 6. The van der Waals surface area contributed by atoms with Crippen LogP contribution >= 0.6 is 34.4 Å². The highest BCUT2D eigenvalue weighted by molar-refractivity contribution is 14.1. The second-order valence-corrected chi connectivity index (χ2v) is 8.16. The molecule has 0 aliphatic carbocycles. The topological polar surface area (TPSA) is 41.9 Å². The van der Waals surface area contributed by atoms with Crippen LogP contribution in [0.2, 0.25) is 0 Å². The van der Waals surface area contributed by atoms with Crippen molar-refractivity contribution in [3.8, 4) is 5.75 Å². The largest absolute Gasteiger partial charge is 0.489 e. The average molecular weight is 492 g/mol. The summed E-state index contributed by atoms with van der Waals surface area (Å²) in [4.78, 5) is 19.3. The molecule has 0 spiro atoms. The fourth-order valence-corrected chi connectivity index (χ4v) is 4.06. The summed E-state index contributed by atoms with van der Waals surface area (Å²) in [5.74, 6) is 0.832. The van der Waals surface area contributed by atoms with Crippen molar-refractivity contribution < 1.29 is 9.53 Å². The Labute approximate surface area is 177 Å². The Morgan fingerprint density at radius 3 is 2.44 bits per heavy atom. The minimum absolute atomic E-state index is 0.0220. The van der Waals surface area contributed by atoms with E-state index in [1.54, 1.807) is 4.90 Å². The number of hydrogen-bond donors (Lipinski definition) is 0. The van der Waals surface area contributed by atoms with Crippen molar-refractivity contribution in [1.82, 2.24) is 4.90 Å². The van der Waals surface area contributed by atoms with Gasteiger partial charge in [-0.3, -0.25) is 14.7 Å². The van der Waals surface area contributed by atoms with Crippen LogP contribution in [-0.4, -0.2) is 29.1 Å². The van der Waals surface area contributed by atoms with E-state index in [1.165, 1.54) is 15.3 Å². The van der Waals surface area contributed by atoms with E-state index >= 15 is 0 Å². The van der Waals surface area contributed by atoms with Gasteiger partial charge >= 0.3 is 0 Å². The molecule has 0 N–H and O–H groups in total. The van der Waals surface area contributed by atoms with Crippen molar-refractivity contribution in [2.75, 3.05) is 13.1 Å². The molecular weight excluding hydrogens is 471 g/mol. The Morgan fingerprint density at radius 1 is 1.11 bits per heavy atom. The van der Waals surface area contributed by atoms with E-state index in [0.29, 0.717) is 24.6 Å². The van der Waals surface area contributed by atoms with E-state index in [2.05, 4.69) is 51.8 Å². The Bertz CT molecular complexity index is 861. The number of amidine groups is 1. The molecular formula is C21H21IN2O2S. The van der Waals surface area contributed by atoms with Gasteiger partial charge in [-0.2, -0.15) is 0 Å². The highest BCUT2D eigenvalue weighted by atomic mass is 127. The molecule has 2 aromatic carbocycles. The number of amides is 1. The first kappa shape index (κ1) is 19.9. The van der Waals surface area contributed by atoms with E-state index in [4.69, 9.17) is 4.74 Å². The quantitative estimate of drug-likeness (QED) is 0.412. The molecule has 1 saturated heterocycles. The maximum absolute atomic E-state index is 12.5. The second-order valence-electron chi connectivity index (χ2n) is 5.90. The minimum Gasteiger partial charge on any atom is -0.489 e. The second kappa shape index (κ2) is 9.41. The first-order valence-corrected chi connectivity index (χ1v) is 10.7. The molecule has 1 amide bonds. The molecule has 3 rings (SSSR count). The van der Waals surface area contributed by atoms with Gasteiger partial charge in [0.25, 0.3) is 5.91 Å². The van der Waals surface area contributed by atoms with Crippen LogP contribution in [0.15, 0.2) is 58.4 Å². The summed E-state index contributed by atoms with van der Waals surface area (Å²) >= 11 is 3.73. The number of likely N-dealkylation sites (N-methyl/N-ethyl adjacent to an activating group) is 1. The van der Waals surface area contributed by atoms with Gasteiger partial charge in [0.2, 0.25) is 0 Å². The molecule has 0 aromatic heterocycles. The van der Waals surface area contributed by atoms with Gasteiger partial charge in [0.1, 0.15) is 12.4 Å². The number of carbonyl (C=O) groups excluding carboxylic acids is 1. The van der Waals surface area contributed by atoms with Crippen molar-refractivity contribution in [2.24, 2.45) is 4.99 Å². The van der Waals surface area contributed by atoms with Crippen LogP contribution in [0.4, 0.5) is 0 Å². The van der Waals surface area contributed by atoms with E-state index in [9.17, 15) is 4.79 Å². The molecule has 0 radical (unpaired) electrons. The third kappa shape index (κ3) is 5.13. The highest BCUT2D eigenvalue weighted by Crippen LogP contribution is 2.32. The summed E-state index contributed by atoms with van der Waals surface area (Å²) in [6.07, 6.45) is 1.91. The standard InChI is InChI=1S/C21H21IN2O2S/c1-3-23-21-24(4-2)20(25)19(27-21)13-15-7-11-18(12-8-15)26-14-16-5-9-17(22)10-6-16/h5-13H,3-4,14H2,1-2H3. The summed E-state index contributed by atoms with van der Waals surface area (Å²) in [6.45, 7) is 5.78. The molecule has 1 fully saturated rings. The Morgan fingerprint density at radius 2 is 1.81 bits per heavy atom. The van der Waals surface area contributed by atoms with Crippen molar-refractivity contribution in [3.63, 3.8) is 0 Å². The molecule has 0 unspecified atom stereocenters. The SMILES string of the molecule is CCN=C1SC(=Cc2ccc(OCc3ccc(I)cc3)cc2)C(=O)N1CC. The van der Waals surface area contributed by atoms with Crippen molar-refractivity contribution in [3.05, 3.63) is 68.1 Å². The number of aliphatic imine (C=N–C) groups is 1. The molecule has 0 saturated carbocycles. The van der Waals surface area contributed by atoms with Crippen LogP contribution < -0.4 is 4.74 Å². The van der Waals surface area contributed by atoms with Gasteiger partial charge in [-0.05, 0) is 89.7 Å². The van der Waals surface area contributed by atoms with Gasteiger partial charge in [0, 0.05) is 16.7 Å². The summed E-state index contributed by atoms with van der Waals surface area (Å²) in [7, 11) is 0. The number of carbonyl (C=O) groups is 1. The number of hydrogen-bond acceptors (Lipinski definition) is 4. The number of halogens is 1. The van der Waals surface area contributed by atoms with Crippen LogP contribution in [0.3, 0.4) is 0 Å². The van der Waals surface area contributed by atoms with E-state index < -0.39 is 0 Å². The van der Waals surface area contributed by atoms with Gasteiger partial charge in [0.15, 0.2) is 5.17 Å². The van der Waals surface area contributed by atoms with Crippen LogP contribution in [0.5, 0.6) is 5.75 Å². The zero-order chi connectivity index (χ0) is 19.2. The average Bonchev–Trinajstić information content (AvgIpc) is 2.97. The molecule has 0 atom stereocenters. The molecule has 0 bridgehead atoms. The molecule has 1 heterocycles. The van der Waals surface area contributed by atoms with E-state index in [1.807, 2.05) is 44.2 Å². The van der Waals surface area contributed by atoms with Gasteiger partial charge in [-0.1, -0.05) is 24.3 Å². The summed E-state index contributed by atoms with van der Waals surface area (Å²) in [5.41, 5.74) is 2.11. The first-order chi connectivity index (χ1) is 13.1. The van der Waals surface area contributed by atoms with Crippen LogP contribution in [0, 0.1) is 3.57 Å². The Kier molecular flexibility index (Phi) is 6.95. The summed E-state index contributed by atoms with van der Waals surface area (Å²) < 4.78 is 7.05. The fraction of sp³-hybridized carbons (Fsp3) is 0.238. The summed E-state index contributed by atoms with van der Waals surface area (Å²) in [6, 6.07) is 16.1. The molecule has 1 aliphatic rings. The number of benzene rings is 2. The smallest absolute Gasteiger partial charge is 0.266 e. The summed E-state index contributed by atoms with van der Waals surface area (Å²) in [5, 5.41) is 0.786. The Hall–Kier alpha value is -1.80. The fourth-order valence-electron chi connectivity index (χ4n) is 2.60. The maximum atomic E-state index is 12.5. The van der Waals surface area contributed by atoms with Crippen LogP contribution in [-0.2, 0) is 11.4 Å². The normalized spacial score (nSPS) is 17.1. The zero-order valence-corrected chi connectivity index (χ0v) is 18.3. The highest BCUT2D eigenvalue weighted by Gasteiger charge is 2.31. The van der Waals surface area contributed by atoms with Gasteiger partial charge < -0.3 is 4.74 Å². The van der Waals surface area contributed by atoms with E-state index in [-0.39, 0.29) is 5.91 Å². The third-order valence-corrected chi connectivity index (χ3v) is 5.76. The monoisotopic (exact) mass is 492 g/mol. The van der Waals surface area contributed by atoms with Crippen molar-refractivity contribution in [1.29, 1.82) is 0 Å². The predicted molar refractivity (Wildman–Crippen MR) is 121 cm³/mol. The number of nitrogens with zero attached hydrogens (tertiary/aromatic N) is 2. The molecule has 4 nitrogen and oxygen atoms in total. The van der Waals surface area contributed by atoms with Gasteiger partial charge in [0.05, 0.1) is 4.91 Å². The van der Waals surface area contributed by atoms with Crippen LogP contribution in [0.25, 0.3) is 6.08 Å². The van der Waals surface area contributed by atoms with E-state index in [0.717, 1.165) is 22.0 Å². The lowest BCUT2D eigenvalue weighted by atomic mass is 10.2. The maximum Gasteiger partial charge on any atom is 0.266 e. The first-order valence-electron chi connectivity index (χ1n) is 8.84. The lowest BCUT2D eigenvalue weighted by Crippen LogP contribution is -2.28. The predicted octanol–water partition coefficient (Wildman–Crippen LogP) is 5.18. The lowest BCUT2D eigenvalue weighted by molar-refractivity contribution is -0.122. The molecule has 2 aromatic rings. The van der Waals surface area contributed by atoms with Gasteiger partial charge in [-0.25, -0.2) is 0 Å². The molecule has 1 aliphatic heterocycles. The van der Waals surface area contributed by atoms with Crippen molar-refractivity contribution >= 4 is 51.5 Å². The number of thioether (sulfide) groups is 1. The lowest BCUT2D eigenvalue weighted by Gasteiger charge is -2.11. The van der Waals surface area contributed by atoms with Crippen LogP contribution in [0.1, 0.15) is 25.0 Å². The molecule has 6 heteroatoms. The zero-order valence-electron chi connectivity index (χ0n) is 15.3. The molecule has 140 valence electrons. The Balaban J connectivity index is 1.66. The third-order valence-electron chi connectivity index (χ3n) is 3.99. The number of ether oxygens (including phenoxy) is 1. The molecule has 27 heavy (non-hydrogen) atoms. The van der Waals surface area contributed by atoms with Gasteiger partial charge in [-0.15, -0.1) is 0 Å². The minimum atomic E-state index is 0.0220. The van der Waals surface area contributed by atoms with Crippen molar-refractivity contribution in [2.45, 2.75) is 20.5 Å².